The van der Waals surface area contributed by atoms with Gasteiger partial charge in [-0.3, -0.25) is 4.68 Å². The van der Waals surface area contributed by atoms with Crippen LogP contribution in [-0.2, 0) is 13.1 Å². The number of hydrogen-bond acceptors (Lipinski definition) is 2. The summed E-state index contributed by atoms with van der Waals surface area (Å²) in [5.41, 5.74) is 1.10. The number of benzene rings is 1. The molecule has 0 radical (unpaired) electrons. The number of thiocarbonyl (C=S) groups is 1. The monoisotopic (exact) mass is 296 g/mol. The fourth-order valence-corrected chi connectivity index (χ4v) is 1.91. The standard InChI is InChI=1S/C13H14F2N4S/c1-2-19-10(5-6-17-19)8-16-13(20)18-12-4-3-9(14)7-11(12)15/h3-7H,2,8H2,1H3,(H2,16,18,20). The Balaban J connectivity index is 1.93. The van der Waals surface area contributed by atoms with Gasteiger partial charge in [0.05, 0.1) is 17.9 Å². The minimum absolute atomic E-state index is 0.132. The number of nitrogens with one attached hydrogen (secondary N) is 2. The van der Waals surface area contributed by atoms with Gasteiger partial charge in [0.1, 0.15) is 11.6 Å². The molecule has 0 aliphatic heterocycles. The number of hydrogen-bond donors (Lipinski definition) is 2. The van der Waals surface area contributed by atoms with E-state index in [0.717, 1.165) is 18.3 Å². The molecule has 2 aromatic rings. The number of aromatic nitrogens is 2. The van der Waals surface area contributed by atoms with E-state index < -0.39 is 11.6 Å². The van der Waals surface area contributed by atoms with Gasteiger partial charge in [0.15, 0.2) is 5.11 Å². The minimum atomic E-state index is -0.687. The van der Waals surface area contributed by atoms with Crippen molar-refractivity contribution in [3.8, 4) is 0 Å². The molecular formula is C13H14F2N4S. The van der Waals surface area contributed by atoms with Gasteiger partial charge in [-0.1, -0.05) is 0 Å². The highest BCUT2D eigenvalue weighted by atomic mass is 32.1. The molecule has 0 atom stereocenters. The lowest BCUT2D eigenvalue weighted by atomic mass is 10.3. The number of nitrogens with zero attached hydrogens (tertiary/aromatic N) is 2. The Bertz CT molecular complexity index is 612. The normalized spacial score (nSPS) is 10.3. The van der Waals surface area contributed by atoms with Crippen LogP contribution in [0.5, 0.6) is 0 Å². The van der Waals surface area contributed by atoms with E-state index in [9.17, 15) is 8.78 Å². The summed E-state index contributed by atoms with van der Waals surface area (Å²) < 4.78 is 28.0. The SMILES string of the molecule is CCn1nccc1CNC(=S)Nc1ccc(F)cc1F. The van der Waals surface area contributed by atoms with Gasteiger partial charge in [-0.2, -0.15) is 5.10 Å². The van der Waals surface area contributed by atoms with Gasteiger partial charge < -0.3 is 10.6 Å². The molecule has 1 heterocycles. The highest BCUT2D eigenvalue weighted by molar-refractivity contribution is 7.80. The number of aryl methyl sites for hydroxylation is 1. The molecule has 0 bridgehead atoms. The van der Waals surface area contributed by atoms with Crippen LogP contribution in [0.15, 0.2) is 30.5 Å². The molecule has 0 spiro atoms. The Morgan fingerprint density at radius 3 is 2.85 bits per heavy atom. The van der Waals surface area contributed by atoms with E-state index >= 15 is 0 Å². The van der Waals surface area contributed by atoms with Crippen molar-refractivity contribution in [2.75, 3.05) is 5.32 Å². The first-order chi connectivity index (χ1) is 9.60. The summed E-state index contributed by atoms with van der Waals surface area (Å²) in [5.74, 6) is -1.31. The van der Waals surface area contributed by atoms with Gasteiger partial charge >= 0.3 is 0 Å². The van der Waals surface area contributed by atoms with Gasteiger partial charge in [0.25, 0.3) is 0 Å². The van der Waals surface area contributed by atoms with Crippen LogP contribution in [0.1, 0.15) is 12.6 Å². The second kappa shape index (κ2) is 6.42. The fraction of sp³-hybridized carbons (Fsp3) is 0.231. The molecule has 2 N–H and O–H groups in total. The molecule has 0 fully saturated rings. The molecule has 2 rings (SSSR count). The number of rotatable bonds is 4. The molecule has 106 valence electrons. The van der Waals surface area contributed by atoms with Gasteiger partial charge in [-0.25, -0.2) is 8.78 Å². The Morgan fingerprint density at radius 1 is 1.35 bits per heavy atom. The zero-order valence-corrected chi connectivity index (χ0v) is 11.7. The predicted molar refractivity (Wildman–Crippen MR) is 77.3 cm³/mol. The Kier molecular flexibility index (Phi) is 4.62. The molecule has 1 aromatic heterocycles. The van der Waals surface area contributed by atoms with Gasteiger partial charge in [0, 0.05) is 18.8 Å². The van der Waals surface area contributed by atoms with Crippen LogP contribution in [-0.4, -0.2) is 14.9 Å². The van der Waals surface area contributed by atoms with Crippen molar-refractivity contribution in [3.63, 3.8) is 0 Å². The lowest BCUT2D eigenvalue weighted by Gasteiger charge is -2.11. The van der Waals surface area contributed by atoms with E-state index in [1.54, 1.807) is 6.20 Å². The zero-order valence-electron chi connectivity index (χ0n) is 10.9. The van der Waals surface area contributed by atoms with Crippen LogP contribution in [0.25, 0.3) is 0 Å². The third-order valence-corrected chi connectivity index (χ3v) is 2.96. The van der Waals surface area contributed by atoms with Crippen molar-refractivity contribution in [1.29, 1.82) is 0 Å². The van der Waals surface area contributed by atoms with Gasteiger partial charge in [0.2, 0.25) is 0 Å². The summed E-state index contributed by atoms with van der Waals surface area (Å²) in [4.78, 5) is 0. The highest BCUT2D eigenvalue weighted by Crippen LogP contribution is 2.14. The fourth-order valence-electron chi connectivity index (χ4n) is 1.72. The van der Waals surface area contributed by atoms with Crippen LogP contribution in [0.4, 0.5) is 14.5 Å². The minimum Gasteiger partial charge on any atom is -0.357 e. The van der Waals surface area contributed by atoms with Crippen molar-refractivity contribution in [3.05, 3.63) is 47.8 Å². The van der Waals surface area contributed by atoms with E-state index in [-0.39, 0.29) is 10.8 Å². The van der Waals surface area contributed by atoms with Crippen molar-refractivity contribution >= 4 is 23.0 Å². The van der Waals surface area contributed by atoms with E-state index in [0.29, 0.717) is 6.54 Å². The van der Waals surface area contributed by atoms with Crippen LogP contribution in [0, 0.1) is 11.6 Å². The molecule has 0 amide bonds. The summed E-state index contributed by atoms with van der Waals surface area (Å²) in [6.45, 7) is 3.22. The van der Waals surface area contributed by atoms with Gasteiger partial charge in [-0.15, -0.1) is 0 Å². The zero-order chi connectivity index (χ0) is 14.5. The van der Waals surface area contributed by atoms with E-state index in [4.69, 9.17) is 12.2 Å². The average molecular weight is 296 g/mol. The smallest absolute Gasteiger partial charge is 0.171 e. The first-order valence-electron chi connectivity index (χ1n) is 6.10. The predicted octanol–water partition coefficient (Wildman–Crippen LogP) is 2.67. The maximum atomic E-state index is 13.4. The van der Waals surface area contributed by atoms with Crippen LogP contribution < -0.4 is 10.6 Å². The van der Waals surface area contributed by atoms with Crippen molar-refractivity contribution < 1.29 is 8.78 Å². The van der Waals surface area contributed by atoms with Crippen molar-refractivity contribution in [2.24, 2.45) is 0 Å². The van der Waals surface area contributed by atoms with E-state index in [2.05, 4.69) is 15.7 Å². The van der Waals surface area contributed by atoms with E-state index in [1.807, 2.05) is 17.7 Å². The Labute approximate surface area is 120 Å². The third kappa shape index (κ3) is 3.51. The second-order valence-electron chi connectivity index (χ2n) is 4.07. The van der Waals surface area contributed by atoms with Crippen LogP contribution in [0.3, 0.4) is 0 Å². The van der Waals surface area contributed by atoms with Crippen LogP contribution >= 0.6 is 12.2 Å². The molecule has 7 heteroatoms. The summed E-state index contributed by atoms with van der Waals surface area (Å²) in [6, 6.07) is 5.14. The summed E-state index contributed by atoms with van der Waals surface area (Å²) in [6.07, 6.45) is 1.70. The molecule has 0 aliphatic rings. The lowest BCUT2D eigenvalue weighted by Crippen LogP contribution is -2.29. The van der Waals surface area contributed by atoms with Crippen molar-refractivity contribution in [2.45, 2.75) is 20.0 Å². The first-order valence-corrected chi connectivity index (χ1v) is 6.51. The summed E-state index contributed by atoms with van der Waals surface area (Å²) in [5, 5.41) is 10.0. The summed E-state index contributed by atoms with van der Waals surface area (Å²) in [7, 11) is 0. The Morgan fingerprint density at radius 2 is 2.15 bits per heavy atom. The van der Waals surface area contributed by atoms with Gasteiger partial charge in [-0.05, 0) is 37.3 Å². The highest BCUT2D eigenvalue weighted by Gasteiger charge is 2.06. The number of anilines is 1. The molecule has 0 saturated carbocycles. The van der Waals surface area contributed by atoms with Crippen LogP contribution in [0.2, 0.25) is 0 Å². The topological polar surface area (TPSA) is 41.9 Å². The quantitative estimate of drug-likeness (QED) is 0.851. The van der Waals surface area contributed by atoms with E-state index in [1.165, 1.54) is 12.1 Å². The average Bonchev–Trinajstić information content (AvgIpc) is 2.87. The Hall–Kier alpha value is -2.02. The molecule has 0 unspecified atom stereocenters. The maximum Gasteiger partial charge on any atom is 0.171 e. The molecule has 0 saturated heterocycles. The number of halogens is 2. The second-order valence-corrected chi connectivity index (χ2v) is 4.48. The molecule has 4 nitrogen and oxygen atoms in total. The maximum absolute atomic E-state index is 13.4. The van der Waals surface area contributed by atoms with Crippen molar-refractivity contribution in [1.82, 2.24) is 15.1 Å². The summed E-state index contributed by atoms with van der Waals surface area (Å²) >= 11 is 5.07. The molecular weight excluding hydrogens is 282 g/mol. The molecule has 0 aliphatic carbocycles. The third-order valence-electron chi connectivity index (χ3n) is 2.71. The lowest BCUT2D eigenvalue weighted by molar-refractivity contribution is 0.586. The first kappa shape index (κ1) is 14.4. The molecule has 1 aromatic carbocycles. The largest absolute Gasteiger partial charge is 0.357 e. The molecule has 20 heavy (non-hydrogen) atoms.